The smallest absolute Gasteiger partial charge is 0.255 e. The highest BCUT2D eigenvalue weighted by molar-refractivity contribution is 7.92. The minimum atomic E-state index is -3.42. The highest BCUT2D eigenvalue weighted by atomic mass is 35.5. The van der Waals surface area contributed by atoms with Crippen LogP contribution < -0.4 is 19.1 Å². The molecule has 2 aromatic carbocycles. The first-order valence-electron chi connectivity index (χ1n) is 8.95. The molecule has 0 unspecified atom stereocenters. The molecule has 28 heavy (non-hydrogen) atoms. The molecule has 2 aromatic rings. The zero-order chi connectivity index (χ0) is 19.7. The van der Waals surface area contributed by atoms with Gasteiger partial charge in [0.15, 0.2) is 11.5 Å². The molecule has 0 bridgehead atoms. The van der Waals surface area contributed by atoms with Gasteiger partial charge in [0.05, 0.1) is 16.5 Å². The van der Waals surface area contributed by atoms with Crippen molar-refractivity contribution in [3.63, 3.8) is 0 Å². The third-order valence-electron chi connectivity index (χ3n) is 4.63. The molecule has 0 atom stereocenters. The second-order valence-electron chi connectivity index (χ2n) is 6.57. The van der Waals surface area contributed by atoms with Gasteiger partial charge in [-0.05, 0) is 43.2 Å². The lowest BCUT2D eigenvalue weighted by molar-refractivity contribution is 0.102. The first kappa shape index (κ1) is 18.9. The lowest BCUT2D eigenvalue weighted by Crippen LogP contribution is -2.38. The van der Waals surface area contributed by atoms with E-state index >= 15 is 0 Å². The second-order valence-corrected chi connectivity index (χ2v) is 8.99. The topological polar surface area (TPSA) is 84.9 Å². The van der Waals surface area contributed by atoms with Crippen LogP contribution in [0.4, 0.5) is 11.4 Å². The van der Waals surface area contributed by atoms with Gasteiger partial charge >= 0.3 is 0 Å². The van der Waals surface area contributed by atoms with Crippen molar-refractivity contribution in [3.05, 3.63) is 47.0 Å². The van der Waals surface area contributed by atoms with E-state index in [9.17, 15) is 13.2 Å². The molecule has 0 saturated carbocycles. The number of rotatable bonds is 3. The van der Waals surface area contributed by atoms with Crippen LogP contribution in [0.15, 0.2) is 36.4 Å². The van der Waals surface area contributed by atoms with Gasteiger partial charge < -0.3 is 14.8 Å². The van der Waals surface area contributed by atoms with Crippen molar-refractivity contribution in [2.24, 2.45) is 0 Å². The van der Waals surface area contributed by atoms with Gasteiger partial charge in [0.25, 0.3) is 5.91 Å². The lowest BCUT2D eigenvalue weighted by atomic mass is 10.1. The summed E-state index contributed by atoms with van der Waals surface area (Å²) < 4.78 is 37.0. The predicted octanol–water partition coefficient (Wildman–Crippen LogP) is 3.29. The Bertz CT molecular complexity index is 1020. The van der Waals surface area contributed by atoms with E-state index in [1.54, 1.807) is 30.3 Å². The summed E-state index contributed by atoms with van der Waals surface area (Å²) >= 11 is 6.23. The van der Waals surface area contributed by atoms with Crippen LogP contribution in [-0.2, 0) is 10.0 Å². The van der Waals surface area contributed by atoms with E-state index in [4.69, 9.17) is 21.1 Å². The summed E-state index contributed by atoms with van der Waals surface area (Å²) in [6.07, 6.45) is 1.38. The van der Waals surface area contributed by atoms with Crippen LogP contribution in [0, 0.1) is 0 Å². The van der Waals surface area contributed by atoms with Gasteiger partial charge in [0.1, 0.15) is 13.2 Å². The summed E-state index contributed by atoms with van der Waals surface area (Å²) in [6, 6.07) is 9.77. The zero-order valence-corrected chi connectivity index (χ0v) is 16.6. The van der Waals surface area contributed by atoms with E-state index in [0.29, 0.717) is 59.6 Å². The van der Waals surface area contributed by atoms with Gasteiger partial charge in [-0.3, -0.25) is 9.10 Å². The number of halogens is 1. The summed E-state index contributed by atoms with van der Waals surface area (Å²) in [6.45, 7) is 1.30. The Balaban J connectivity index is 1.58. The number of anilines is 2. The summed E-state index contributed by atoms with van der Waals surface area (Å²) in [7, 11) is -3.42. The van der Waals surface area contributed by atoms with Crippen molar-refractivity contribution in [2.75, 3.05) is 35.1 Å². The Morgan fingerprint density at radius 2 is 1.82 bits per heavy atom. The van der Waals surface area contributed by atoms with Crippen molar-refractivity contribution >= 4 is 38.9 Å². The number of hydrogen-bond acceptors (Lipinski definition) is 5. The van der Waals surface area contributed by atoms with Gasteiger partial charge in [-0.2, -0.15) is 0 Å². The molecule has 2 aliphatic heterocycles. The van der Waals surface area contributed by atoms with Gasteiger partial charge in [0.2, 0.25) is 10.0 Å². The van der Waals surface area contributed by atoms with Crippen molar-refractivity contribution in [3.8, 4) is 11.5 Å². The molecule has 2 heterocycles. The summed E-state index contributed by atoms with van der Waals surface area (Å²) in [5, 5.41) is 3.09. The van der Waals surface area contributed by atoms with Crippen LogP contribution in [0.25, 0.3) is 0 Å². The molecule has 1 saturated heterocycles. The van der Waals surface area contributed by atoms with Crippen LogP contribution in [0.5, 0.6) is 11.5 Å². The lowest BCUT2D eigenvalue weighted by Gasteiger charge is -2.29. The second kappa shape index (κ2) is 7.52. The quantitative estimate of drug-likeness (QED) is 0.820. The molecule has 7 nitrogen and oxygen atoms in total. The predicted molar refractivity (Wildman–Crippen MR) is 107 cm³/mol. The normalized spacial score (nSPS) is 17.8. The van der Waals surface area contributed by atoms with Gasteiger partial charge in [-0.15, -0.1) is 0 Å². The molecule has 0 aromatic heterocycles. The molecular formula is C19H19ClN2O5S. The number of fused-ring (bicyclic) bond motifs is 1. The fraction of sp³-hybridized carbons (Fsp3) is 0.316. The van der Waals surface area contributed by atoms with Gasteiger partial charge in [-0.1, -0.05) is 11.6 Å². The highest BCUT2D eigenvalue weighted by Crippen LogP contribution is 2.34. The number of carbonyl (C=O) groups is 1. The number of nitrogens with zero attached hydrogens (tertiary/aromatic N) is 1. The number of benzene rings is 2. The fourth-order valence-corrected chi connectivity index (χ4v) is 5.15. The average molecular weight is 423 g/mol. The van der Waals surface area contributed by atoms with Gasteiger partial charge in [-0.25, -0.2) is 8.42 Å². The monoisotopic (exact) mass is 422 g/mol. The Labute approximate surface area is 168 Å². The van der Waals surface area contributed by atoms with Crippen molar-refractivity contribution in [1.82, 2.24) is 0 Å². The largest absolute Gasteiger partial charge is 0.486 e. The third-order valence-corrected chi connectivity index (χ3v) is 6.80. The van der Waals surface area contributed by atoms with Crippen LogP contribution in [-0.4, -0.2) is 39.8 Å². The molecule has 0 aliphatic carbocycles. The Morgan fingerprint density at radius 1 is 1.04 bits per heavy atom. The molecule has 1 amide bonds. The fourth-order valence-electron chi connectivity index (χ4n) is 3.23. The number of hydrogen-bond donors (Lipinski definition) is 1. The van der Waals surface area contributed by atoms with E-state index < -0.39 is 10.0 Å². The molecule has 2 aliphatic rings. The van der Waals surface area contributed by atoms with Crippen LogP contribution in [0.3, 0.4) is 0 Å². The Hall–Kier alpha value is -2.45. The first-order chi connectivity index (χ1) is 13.4. The van der Waals surface area contributed by atoms with E-state index in [1.807, 2.05) is 0 Å². The highest BCUT2D eigenvalue weighted by Gasteiger charge is 2.28. The molecule has 1 fully saturated rings. The summed E-state index contributed by atoms with van der Waals surface area (Å²) in [5.74, 6) is 0.911. The van der Waals surface area contributed by atoms with Crippen LogP contribution >= 0.6 is 11.6 Å². The summed E-state index contributed by atoms with van der Waals surface area (Å²) in [5.41, 5.74) is 1.20. The maximum absolute atomic E-state index is 12.7. The third kappa shape index (κ3) is 3.74. The minimum absolute atomic E-state index is 0.0803. The number of carbonyl (C=O) groups excluding carboxylic acids is 1. The van der Waals surface area contributed by atoms with Crippen LogP contribution in [0.1, 0.15) is 23.2 Å². The molecule has 9 heteroatoms. The molecule has 0 radical (unpaired) electrons. The standard InChI is InChI=1S/C19H19ClN2O5S/c20-15-5-3-13(11-16(15)22-7-1-2-10-28(22,24)25)19(23)21-14-4-6-17-18(12-14)27-9-8-26-17/h3-6,11-12H,1-2,7-10H2,(H,21,23). The van der Waals surface area contributed by atoms with Crippen LogP contribution in [0.2, 0.25) is 5.02 Å². The number of nitrogens with one attached hydrogen (secondary N) is 1. The Kier molecular flexibility index (Phi) is 5.07. The molecule has 148 valence electrons. The van der Waals surface area contributed by atoms with Crippen molar-refractivity contribution in [1.29, 1.82) is 0 Å². The molecule has 4 rings (SSSR count). The van der Waals surface area contributed by atoms with E-state index in [1.165, 1.54) is 10.4 Å². The van der Waals surface area contributed by atoms with Gasteiger partial charge in [0, 0.05) is 23.9 Å². The van der Waals surface area contributed by atoms with E-state index in [2.05, 4.69) is 5.32 Å². The number of sulfonamides is 1. The first-order valence-corrected chi connectivity index (χ1v) is 10.9. The summed E-state index contributed by atoms with van der Waals surface area (Å²) in [4.78, 5) is 12.7. The zero-order valence-electron chi connectivity index (χ0n) is 15.0. The average Bonchev–Trinajstić information content (AvgIpc) is 2.68. The number of ether oxygens (including phenoxy) is 2. The maximum atomic E-state index is 12.7. The van der Waals surface area contributed by atoms with E-state index in [0.717, 1.165) is 6.42 Å². The SMILES string of the molecule is O=C(Nc1ccc2c(c1)OCCO2)c1ccc(Cl)c(N2CCCCS2(=O)=O)c1. The minimum Gasteiger partial charge on any atom is -0.486 e. The van der Waals surface area contributed by atoms with E-state index in [-0.39, 0.29) is 11.7 Å². The number of amides is 1. The Morgan fingerprint density at radius 3 is 2.61 bits per heavy atom. The molecule has 0 spiro atoms. The molecule has 1 N–H and O–H groups in total. The molecular weight excluding hydrogens is 404 g/mol. The maximum Gasteiger partial charge on any atom is 0.255 e. The van der Waals surface area contributed by atoms with Crippen molar-refractivity contribution < 1.29 is 22.7 Å². The van der Waals surface area contributed by atoms with Crippen molar-refractivity contribution in [2.45, 2.75) is 12.8 Å².